The molecule has 1 rings (SSSR count). The van der Waals surface area contributed by atoms with Crippen molar-refractivity contribution in [2.24, 2.45) is 0 Å². The average molecular weight is 210 g/mol. The van der Waals surface area contributed by atoms with Crippen molar-refractivity contribution in [3.05, 3.63) is 11.6 Å². The molecule has 0 radical (unpaired) electrons. The van der Waals surface area contributed by atoms with Gasteiger partial charge in [-0.3, -0.25) is 0 Å². The molecule has 0 aliphatic heterocycles. The Bertz CT molecular complexity index is 320. The standard InChI is InChI=1S/C11H22N4/c1-8(2)15-9(3)13-14-10(15)7-12-11(4,5)6/h8,12H,7H2,1-6H3. The van der Waals surface area contributed by atoms with Crippen molar-refractivity contribution in [1.29, 1.82) is 0 Å². The minimum Gasteiger partial charge on any atom is -0.312 e. The Balaban J connectivity index is 2.78. The van der Waals surface area contributed by atoms with Crippen LogP contribution in [0.3, 0.4) is 0 Å². The molecule has 1 heterocycles. The van der Waals surface area contributed by atoms with E-state index in [1.165, 1.54) is 0 Å². The van der Waals surface area contributed by atoms with Crippen LogP contribution in [0.25, 0.3) is 0 Å². The maximum absolute atomic E-state index is 4.19. The van der Waals surface area contributed by atoms with Gasteiger partial charge in [-0.05, 0) is 41.5 Å². The molecule has 4 nitrogen and oxygen atoms in total. The van der Waals surface area contributed by atoms with Gasteiger partial charge in [0.05, 0.1) is 6.54 Å². The van der Waals surface area contributed by atoms with Crippen LogP contribution in [-0.2, 0) is 6.54 Å². The lowest BCUT2D eigenvalue weighted by Gasteiger charge is -2.21. The monoisotopic (exact) mass is 210 g/mol. The molecule has 1 aromatic rings. The highest BCUT2D eigenvalue weighted by Gasteiger charge is 2.14. The van der Waals surface area contributed by atoms with Crippen molar-refractivity contribution in [2.45, 2.75) is 59.7 Å². The van der Waals surface area contributed by atoms with Crippen molar-refractivity contribution in [3.8, 4) is 0 Å². The summed E-state index contributed by atoms with van der Waals surface area (Å²) in [5, 5.41) is 11.7. The average Bonchev–Trinajstić information content (AvgIpc) is 2.42. The molecular formula is C11H22N4. The van der Waals surface area contributed by atoms with Gasteiger partial charge in [0.15, 0.2) is 0 Å². The maximum atomic E-state index is 4.19. The Morgan fingerprint density at radius 1 is 1.27 bits per heavy atom. The topological polar surface area (TPSA) is 42.7 Å². The van der Waals surface area contributed by atoms with E-state index in [1.807, 2.05) is 6.92 Å². The Kier molecular flexibility index (Phi) is 3.50. The third kappa shape index (κ3) is 3.30. The van der Waals surface area contributed by atoms with Crippen molar-refractivity contribution >= 4 is 0 Å². The summed E-state index contributed by atoms with van der Waals surface area (Å²) in [4.78, 5) is 0. The molecule has 0 saturated heterocycles. The van der Waals surface area contributed by atoms with E-state index in [-0.39, 0.29) is 5.54 Å². The fraction of sp³-hybridized carbons (Fsp3) is 0.818. The SMILES string of the molecule is Cc1nnc(CNC(C)(C)C)n1C(C)C. The minimum absolute atomic E-state index is 0.113. The van der Waals surface area contributed by atoms with Gasteiger partial charge >= 0.3 is 0 Å². The van der Waals surface area contributed by atoms with Gasteiger partial charge in [0, 0.05) is 11.6 Å². The molecule has 0 aliphatic rings. The van der Waals surface area contributed by atoms with Gasteiger partial charge in [-0.25, -0.2) is 0 Å². The van der Waals surface area contributed by atoms with E-state index in [9.17, 15) is 0 Å². The third-order valence-corrected chi connectivity index (χ3v) is 2.23. The summed E-state index contributed by atoms with van der Waals surface area (Å²) in [6.07, 6.45) is 0. The van der Waals surface area contributed by atoms with Gasteiger partial charge in [-0.1, -0.05) is 0 Å². The Morgan fingerprint density at radius 2 is 1.87 bits per heavy atom. The molecule has 4 heteroatoms. The number of nitrogens with one attached hydrogen (secondary N) is 1. The molecule has 0 bridgehead atoms. The van der Waals surface area contributed by atoms with Gasteiger partial charge in [-0.2, -0.15) is 0 Å². The number of rotatable bonds is 3. The zero-order valence-electron chi connectivity index (χ0n) is 10.6. The quantitative estimate of drug-likeness (QED) is 0.830. The maximum Gasteiger partial charge on any atom is 0.147 e. The molecule has 0 spiro atoms. The molecule has 15 heavy (non-hydrogen) atoms. The van der Waals surface area contributed by atoms with Crippen molar-refractivity contribution in [1.82, 2.24) is 20.1 Å². The summed E-state index contributed by atoms with van der Waals surface area (Å²) in [6, 6.07) is 0.414. The van der Waals surface area contributed by atoms with E-state index in [0.717, 1.165) is 18.2 Å². The van der Waals surface area contributed by atoms with E-state index in [1.54, 1.807) is 0 Å². The molecule has 0 amide bonds. The summed E-state index contributed by atoms with van der Waals surface area (Å²) in [7, 11) is 0. The van der Waals surface area contributed by atoms with Crippen LogP contribution in [0.15, 0.2) is 0 Å². The third-order valence-electron chi connectivity index (χ3n) is 2.23. The Labute approximate surface area is 92.1 Å². The van der Waals surface area contributed by atoms with E-state index >= 15 is 0 Å². The zero-order valence-corrected chi connectivity index (χ0v) is 10.6. The highest BCUT2D eigenvalue weighted by Crippen LogP contribution is 2.11. The molecule has 0 atom stereocenters. The van der Waals surface area contributed by atoms with Crippen LogP contribution < -0.4 is 5.32 Å². The second-order valence-corrected chi connectivity index (χ2v) is 5.23. The molecule has 86 valence electrons. The molecular weight excluding hydrogens is 188 g/mol. The van der Waals surface area contributed by atoms with Crippen LogP contribution in [0, 0.1) is 6.92 Å². The lowest BCUT2D eigenvalue weighted by Crippen LogP contribution is -2.36. The van der Waals surface area contributed by atoms with E-state index in [0.29, 0.717) is 6.04 Å². The summed E-state index contributed by atoms with van der Waals surface area (Å²) in [5.74, 6) is 1.99. The van der Waals surface area contributed by atoms with Crippen LogP contribution in [-0.4, -0.2) is 20.3 Å². The first-order valence-corrected chi connectivity index (χ1v) is 5.46. The second kappa shape index (κ2) is 4.31. The largest absolute Gasteiger partial charge is 0.312 e. The number of aromatic nitrogens is 3. The number of hydrogen-bond acceptors (Lipinski definition) is 3. The highest BCUT2D eigenvalue weighted by molar-refractivity contribution is 4.96. The van der Waals surface area contributed by atoms with E-state index in [4.69, 9.17) is 0 Å². The van der Waals surface area contributed by atoms with Gasteiger partial charge < -0.3 is 9.88 Å². The summed E-state index contributed by atoms with van der Waals surface area (Å²) in [6.45, 7) is 13.5. The van der Waals surface area contributed by atoms with Crippen LogP contribution in [0.2, 0.25) is 0 Å². The Morgan fingerprint density at radius 3 is 2.33 bits per heavy atom. The number of nitrogens with zero attached hydrogens (tertiary/aromatic N) is 3. The molecule has 1 N–H and O–H groups in total. The lowest BCUT2D eigenvalue weighted by atomic mass is 10.1. The molecule has 0 fully saturated rings. The van der Waals surface area contributed by atoms with Crippen LogP contribution in [0.1, 0.15) is 52.3 Å². The van der Waals surface area contributed by atoms with E-state index < -0.39 is 0 Å². The van der Waals surface area contributed by atoms with Gasteiger partial charge in [-0.15, -0.1) is 10.2 Å². The highest BCUT2D eigenvalue weighted by atomic mass is 15.3. The van der Waals surface area contributed by atoms with Crippen molar-refractivity contribution in [3.63, 3.8) is 0 Å². The summed E-state index contributed by atoms with van der Waals surface area (Å²) < 4.78 is 2.17. The fourth-order valence-corrected chi connectivity index (χ4v) is 1.55. The summed E-state index contributed by atoms with van der Waals surface area (Å²) in [5.41, 5.74) is 0.113. The summed E-state index contributed by atoms with van der Waals surface area (Å²) >= 11 is 0. The first-order chi connectivity index (χ1) is 6.81. The van der Waals surface area contributed by atoms with E-state index in [2.05, 4.69) is 54.7 Å². The van der Waals surface area contributed by atoms with Crippen LogP contribution in [0.4, 0.5) is 0 Å². The van der Waals surface area contributed by atoms with Gasteiger partial charge in [0.1, 0.15) is 11.6 Å². The van der Waals surface area contributed by atoms with Gasteiger partial charge in [0.25, 0.3) is 0 Å². The predicted molar refractivity (Wildman–Crippen MR) is 61.7 cm³/mol. The number of hydrogen-bond donors (Lipinski definition) is 1. The molecule has 1 aromatic heterocycles. The van der Waals surface area contributed by atoms with Crippen molar-refractivity contribution in [2.75, 3.05) is 0 Å². The first-order valence-electron chi connectivity index (χ1n) is 5.46. The first kappa shape index (κ1) is 12.2. The molecule has 0 aromatic carbocycles. The molecule has 0 aliphatic carbocycles. The van der Waals surface area contributed by atoms with Crippen molar-refractivity contribution < 1.29 is 0 Å². The Hall–Kier alpha value is -0.900. The normalized spacial score (nSPS) is 12.5. The smallest absolute Gasteiger partial charge is 0.147 e. The predicted octanol–water partition coefficient (Wildman–Crippen LogP) is 2.06. The minimum atomic E-state index is 0.113. The zero-order chi connectivity index (χ0) is 11.6. The molecule has 0 unspecified atom stereocenters. The fourth-order valence-electron chi connectivity index (χ4n) is 1.55. The van der Waals surface area contributed by atoms with Crippen LogP contribution in [0.5, 0.6) is 0 Å². The second-order valence-electron chi connectivity index (χ2n) is 5.23. The molecule has 0 saturated carbocycles. The van der Waals surface area contributed by atoms with Crippen LogP contribution >= 0.6 is 0 Å². The lowest BCUT2D eigenvalue weighted by molar-refractivity contribution is 0.406. The number of aryl methyl sites for hydroxylation is 1. The van der Waals surface area contributed by atoms with Gasteiger partial charge in [0.2, 0.25) is 0 Å².